The predicted molar refractivity (Wildman–Crippen MR) is 77.4 cm³/mol. The Morgan fingerprint density at radius 3 is 2.15 bits per heavy atom. The van der Waals surface area contributed by atoms with Crippen LogP contribution in [0.2, 0.25) is 0 Å². The van der Waals surface area contributed by atoms with Crippen molar-refractivity contribution >= 4 is 17.1 Å². The molecular formula is C17H13NO2. The molecule has 2 aromatic rings. The fourth-order valence-electron chi connectivity index (χ4n) is 2.35. The van der Waals surface area contributed by atoms with Crippen LogP contribution in [0.25, 0.3) is 5.57 Å². The van der Waals surface area contributed by atoms with E-state index in [0.29, 0.717) is 23.2 Å². The van der Waals surface area contributed by atoms with Crippen LogP contribution < -0.4 is 5.73 Å². The van der Waals surface area contributed by atoms with Gasteiger partial charge in [-0.1, -0.05) is 48.5 Å². The van der Waals surface area contributed by atoms with Gasteiger partial charge in [0.05, 0.1) is 0 Å². The van der Waals surface area contributed by atoms with Crippen LogP contribution in [-0.2, 0) is 6.54 Å². The van der Waals surface area contributed by atoms with Gasteiger partial charge in [0.2, 0.25) is 0 Å². The van der Waals surface area contributed by atoms with E-state index in [9.17, 15) is 9.59 Å². The van der Waals surface area contributed by atoms with Gasteiger partial charge in [0.15, 0.2) is 11.6 Å². The average molecular weight is 263 g/mol. The molecule has 0 fully saturated rings. The van der Waals surface area contributed by atoms with Crippen molar-refractivity contribution in [2.45, 2.75) is 6.54 Å². The number of ketones is 2. The molecule has 0 saturated carbocycles. The highest BCUT2D eigenvalue weighted by Gasteiger charge is 2.25. The molecule has 0 bridgehead atoms. The Bertz CT molecular complexity index is 727. The summed E-state index contributed by atoms with van der Waals surface area (Å²) in [4.78, 5) is 24.6. The van der Waals surface area contributed by atoms with Gasteiger partial charge < -0.3 is 5.73 Å². The minimum Gasteiger partial charge on any atom is -0.326 e. The zero-order valence-electron chi connectivity index (χ0n) is 10.8. The van der Waals surface area contributed by atoms with E-state index in [1.165, 1.54) is 6.08 Å². The summed E-state index contributed by atoms with van der Waals surface area (Å²) in [6.45, 7) is 0.453. The molecule has 3 rings (SSSR count). The van der Waals surface area contributed by atoms with Gasteiger partial charge in [0.25, 0.3) is 0 Å². The van der Waals surface area contributed by atoms with Crippen molar-refractivity contribution in [1.82, 2.24) is 0 Å². The minimum atomic E-state index is -0.127. The third-order valence-corrected chi connectivity index (χ3v) is 3.46. The highest BCUT2D eigenvalue weighted by molar-refractivity contribution is 6.38. The number of benzene rings is 2. The largest absolute Gasteiger partial charge is 0.326 e. The van der Waals surface area contributed by atoms with Crippen LogP contribution in [-0.4, -0.2) is 11.6 Å². The first-order valence-electron chi connectivity index (χ1n) is 6.40. The molecule has 3 nitrogen and oxygen atoms in total. The van der Waals surface area contributed by atoms with E-state index in [0.717, 1.165) is 11.1 Å². The Labute approximate surface area is 116 Å². The number of fused-ring (bicyclic) bond motifs is 1. The molecule has 0 unspecified atom stereocenters. The van der Waals surface area contributed by atoms with Crippen molar-refractivity contribution in [3.05, 3.63) is 76.9 Å². The number of hydrogen-bond donors (Lipinski definition) is 1. The maximum absolute atomic E-state index is 12.5. The van der Waals surface area contributed by atoms with Gasteiger partial charge in [-0.25, -0.2) is 0 Å². The summed E-state index contributed by atoms with van der Waals surface area (Å²) >= 11 is 0. The number of nitrogens with two attached hydrogens (primary N) is 1. The predicted octanol–water partition coefficient (Wildman–Crippen LogP) is 2.61. The molecule has 0 aromatic heterocycles. The Hall–Kier alpha value is -2.52. The number of rotatable bonds is 2. The van der Waals surface area contributed by atoms with E-state index in [2.05, 4.69) is 0 Å². The summed E-state index contributed by atoms with van der Waals surface area (Å²) in [6, 6.07) is 14.3. The molecule has 0 aliphatic heterocycles. The summed E-state index contributed by atoms with van der Waals surface area (Å²) in [5.74, 6) is -0.237. The molecule has 3 heteroatoms. The van der Waals surface area contributed by atoms with Crippen LogP contribution in [0.5, 0.6) is 0 Å². The first-order valence-corrected chi connectivity index (χ1v) is 6.40. The van der Waals surface area contributed by atoms with Crippen LogP contribution in [0.4, 0.5) is 0 Å². The highest BCUT2D eigenvalue weighted by atomic mass is 16.1. The van der Waals surface area contributed by atoms with Crippen LogP contribution in [0, 0.1) is 0 Å². The van der Waals surface area contributed by atoms with Gasteiger partial charge in [-0.3, -0.25) is 9.59 Å². The lowest BCUT2D eigenvalue weighted by molar-refractivity contribution is 0.100. The topological polar surface area (TPSA) is 60.2 Å². The second-order valence-electron chi connectivity index (χ2n) is 4.70. The second-order valence-corrected chi connectivity index (χ2v) is 4.70. The molecule has 0 saturated heterocycles. The lowest BCUT2D eigenvalue weighted by Gasteiger charge is -2.15. The van der Waals surface area contributed by atoms with Gasteiger partial charge >= 0.3 is 0 Å². The summed E-state index contributed by atoms with van der Waals surface area (Å²) in [5, 5.41) is 0. The third kappa shape index (κ3) is 1.98. The van der Waals surface area contributed by atoms with Crippen molar-refractivity contribution in [2.75, 3.05) is 0 Å². The molecule has 0 spiro atoms. The van der Waals surface area contributed by atoms with Gasteiger partial charge in [-0.15, -0.1) is 0 Å². The maximum Gasteiger partial charge on any atom is 0.194 e. The number of carbonyl (C=O) groups excluding carboxylic acids is 2. The SMILES string of the molecule is NCc1ccc(C2=CC(=O)c3ccccc3C2=O)cc1. The fraction of sp³-hybridized carbons (Fsp3) is 0.0588. The normalized spacial score (nSPS) is 13.9. The average Bonchev–Trinajstić information content (AvgIpc) is 2.51. The molecule has 2 N–H and O–H groups in total. The number of allylic oxidation sites excluding steroid dienone is 2. The Morgan fingerprint density at radius 2 is 1.50 bits per heavy atom. The molecule has 0 radical (unpaired) electrons. The highest BCUT2D eigenvalue weighted by Crippen LogP contribution is 2.27. The Morgan fingerprint density at radius 1 is 0.850 bits per heavy atom. The third-order valence-electron chi connectivity index (χ3n) is 3.46. The Kier molecular flexibility index (Phi) is 3.05. The molecule has 0 heterocycles. The summed E-state index contributed by atoms with van der Waals surface area (Å²) in [5.41, 5.74) is 8.68. The van der Waals surface area contributed by atoms with Crippen molar-refractivity contribution < 1.29 is 9.59 Å². The van der Waals surface area contributed by atoms with Crippen molar-refractivity contribution in [1.29, 1.82) is 0 Å². The zero-order valence-corrected chi connectivity index (χ0v) is 10.8. The van der Waals surface area contributed by atoms with Crippen molar-refractivity contribution in [3.8, 4) is 0 Å². The minimum absolute atomic E-state index is 0.110. The van der Waals surface area contributed by atoms with E-state index in [1.54, 1.807) is 24.3 Å². The Balaban J connectivity index is 2.07. The lowest BCUT2D eigenvalue weighted by Crippen LogP contribution is -2.16. The van der Waals surface area contributed by atoms with Gasteiger partial charge in [-0.05, 0) is 17.2 Å². The van der Waals surface area contributed by atoms with E-state index >= 15 is 0 Å². The van der Waals surface area contributed by atoms with Crippen LogP contribution in [0.15, 0.2) is 54.6 Å². The van der Waals surface area contributed by atoms with Gasteiger partial charge in [-0.2, -0.15) is 0 Å². The fourth-order valence-corrected chi connectivity index (χ4v) is 2.35. The molecule has 2 aromatic carbocycles. The molecule has 1 aliphatic rings. The van der Waals surface area contributed by atoms with Crippen molar-refractivity contribution in [3.63, 3.8) is 0 Å². The second kappa shape index (κ2) is 4.87. The maximum atomic E-state index is 12.5. The van der Waals surface area contributed by atoms with Crippen molar-refractivity contribution in [2.24, 2.45) is 5.73 Å². The summed E-state index contributed by atoms with van der Waals surface area (Å²) in [6.07, 6.45) is 1.42. The van der Waals surface area contributed by atoms with E-state index in [1.807, 2.05) is 24.3 Å². The smallest absolute Gasteiger partial charge is 0.194 e. The van der Waals surface area contributed by atoms with Crippen LogP contribution >= 0.6 is 0 Å². The van der Waals surface area contributed by atoms with Crippen LogP contribution in [0.3, 0.4) is 0 Å². The quantitative estimate of drug-likeness (QED) is 0.906. The number of Topliss-reactive ketones (excluding diaryl/α,β-unsaturated/α-hetero) is 1. The molecule has 98 valence electrons. The van der Waals surface area contributed by atoms with Gasteiger partial charge in [0.1, 0.15) is 0 Å². The summed E-state index contributed by atoms with van der Waals surface area (Å²) in [7, 11) is 0. The summed E-state index contributed by atoms with van der Waals surface area (Å²) < 4.78 is 0. The first-order chi connectivity index (χ1) is 9.70. The molecular weight excluding hydrogens is 250 g/mol. The van der Waals surface area contributed by atoms with E-state index in [4.69, 9.17) is 5.73 Å². The van der Waals surface area contributed by atoms with E-state index < -0.39 is 0 Å². The number of carbonyl (C=O) groups is 2. The molecule has 1 aliphatic carbocycles. The first kappa shape index (κ1) is 12.5. The van der Waals surface area contributed by atoms with Gasteiger partial charge in [0, 0.05) is 23.2 Å². The van der Waals surface area contributed by atoms with Crippen LogP contribution in [0.1, 0.15) is 31.8 Å². The van der Waals surface area contributed by atoms with E-state index in [-0.39, 0.29) is 11.6 Å². The molecule has 20 heavy (non-hydrogen) atoms. The molecule has 0 amide bonds. The lowest BCUT2D eigenvalue weighted by atomic mass is 9.86. The molecule has 0 atom stereocenters. The standard InChI is InChI=1S/C17H13NO2/c18-10-11-5-7-12(8-6-11)15-9-16(19)13-3-1-2-4-14(13)17(15)20/h1-9H,10,18H2. The zero-order chi connectivity index (χ0) is 14.1. The number of hydrogen-bond acceptors (Lipinski definition) is 3. The monoisotopic (exact) mass is 263 g/mol.